The van der Waals surface area contributed by atoms with Crippen LogP contribution in [0.2, 0.25) is 10.0 Å². The van der Waals surface area contributed by atoms with E-state index in [9.17, 15) is 5.26 Å². The molecule has 178 valence electrons. The van der Waals surface area contributed by atoms with Gasteiger partial charge in [0, 0.05) is 26.1 Å². The van der Waals surface area contributed by atoms with E-state index in [1.165, 1.54) is 0 Å². The fourth-order valence-electron chi connectivity index (χ4n) is 3.39. The number of hydrogen-bond acceptors (Lipinski definition) is 5. The summed E-state index contributed by atoms with van der Waals surface area (Å²) < 4.78 is 17.8. The third-order valence-corrected chi connectivity index (χ3v) is 6.40. The molecule has 0 atom stereocenters. The van der Waals surface area contributed by atoms with Gasteiger partial charge < -0.3 is 19.2 Å². The van der Waals surface area contributed by atoms with E-state index in [1.807, 2.05) is 37.3 Å². The molecule has 0 amide bonds. The number of aromatic amines is 1. The Balaban J connectivity index is 1.66. The molecule has 0 spiro atoms. The van der Waals surface area contributed by atoms with Crippen LogP contribution in [0.15, 0.2) is 53.0 Å². The van der Waals surface area contributed by atoms with E-state index in [2.05, 4.69) is 32.0 Å². The Morgan fingerprint density at radius 3 is 2.63 bits per heavy atom. The Kier molecular flexibility index (Phi) is 7.86. The van der Waals surface area contributed by atoms with Crippen LogP contribution in [0.5, 0.6) is 17.2 Å². The highest BCUT2D eigenvalue weighted by atomic mass is 79.9. The van der Waals surface area contributed by atoms with Crippen LogP contribution in [0, 0.1) is 11.3 Å². The summed E-state index contributed by atoms with van der Waals surface area (Å²) in [7, 11) is 1.60. The van der Waals surface area contributed by atoms with E-state index >= 15 is 0 Å². The molecular weight excluding hydrogens is 553 g/mol. The van der Waals surface area contributed by atoms with Crippen molar-refractivity contribution >= 4 is 61.8 Å². The molecule has 0 aliphatic rings. The molecule has 0 aliphatic carbocycles. The zero-order valence-electron chi connectivity index (χ0n) is 18.9. The van der Waals surface area contributed by atoms with Crippen molar-refractivity contribution in [2.75, 3.05) is 13.7 Å². The number of methoxy groups -OCH3 is 1. The van der Waals surface area contributed by atoms with E-state index in [-0.39, 0.29) is 6.61 Å². The lowest BCUT2D eigenvalue weighted by molar-refractivity contribution is 0.269. The van der Waals surface area contributed by atoms with Crippen molar-refractivity contribution in [3.63, 3.8) is 0 Å². The van der Waals surface area contributed by atoms with Crippen LogP contribution in [0.4, 0.5) is 0 Å². The largest absolute Gasteiger partial charge is 0.497 e. The molecule has 0 radical (unpaired) electrons. The molecule has 0 unspecified atom stereocenters. The second kappa shape index (κ2) is 11.0. The van der Waals surface area contributed by atoms with Crippen molar-refractivity contribution in [1.82, 2.24) is 9.97 Å². The summed E-state index contributed by atoms with van der Waals surface area (Å²) in [6.07, 6.45) is 1.74. The van der Waals surface area contributed by atoms with E-state index in [0.717, 1.165) is 26.6 Å². The van der Waals surface area contributed by atoms with Gasteiger partial charge in [0.2, 0.25) is 0 Å². The monoisotopic (exact) mass is 571 g/mol. The Hall–Kier alpha value is -3.18. The smallest absolute Gasteiger partial charge is 0.162 e. The Morgan fingerprint density at radius 1 is 1.11 bits per heavy atom. The molecule has 4 rings (SSSR count). The van der Waals surface area contributed by atoms with Crippen LogP contribution in [0.25, 0.3) is 22.7 Å². The number of benzene rings is 3. The van der Waals surface area contributed by atoms with E-state index in [0.29, 0.717) is 45.3 Å². The van der Waals surface area contributed by atoms with Crippen molar-refractivity contribution in [3.8, 4) is 23.3 Å². The first-order valence-corrected chi connectivity index (χ1v) is 12.2. The molecule has 1 aromatic heterocycles. The normalized spacial score (nSPS) is 11.4. The molecule has 0 bridgehead atoms. The zero-order chi connectivity index (χ0) is 24.9. The second-order valence-corrected chi connectivity index (χ2v) is 9.11. The number of halogens is 3. The average molecular weight is 573 g/mol. The zero-order valence-corrected chi connectivity index (χ0v) is 22.0. The number of ether oxygens (including phenoxy) is 3. The fraction of sp³-hybridized carbons (Fsp3) is 0.154. The number of imidazole rings is 1. The molecule has 0 aliphatic heterocycles. The van der Waals surface area contributed by atoms with Gasteiger partial charge in [0.1, 0.15) is 24.3 Å². The topological polar surface area (TPSA) is 80.2 Å². The van der Waals surface area contributed by atoms with Gasteiger partial charge in [-0.2, -0.15) is 5.26 Å². The fourth-order valence-corrected chi connectivity index (χ4v) is 4.29. The standard InChI is InChI=1S/C26H20BrCl2N3O3/c1-3-34-24-9-16(20(27)12-25(24)35-14-15-4-5-18(28)10-21(15)29)8-17(13-30)26-31-22-7-6-19(33-2)11-23(22)32-26/h4-12H,3,14H2,1-2H3,(H,31,32)/b17-8-. The van der Waals surface area contributed by atoms with E-state index in [1.54, 1.807) is 31.4 Å². The number of aromatic nitrogens is 2. The number of rotatable bonds is 8. The van der Waals surface area contributed by atoms with Crippen molar-refractivity contribution in [2.24, 2.45) is 0 Å². The SMILES string of the molecule is CCOc1cc(/C=C(/C#N)c2nc3ccc(OC)cc3[nH]2)c(Br)cc1OCc1ccc(Cl)cc1Cl. The van der Waals surface area contributed by atoms with Gasteiger partial charge in [-0.15, -0.1) is 0 Å². The van der Waals surface area contributed by atoms with Gasteiger partial charge in [-0.05, 0) is 55.0 Å². The Labute approximate surface area is 221 Å². The summed E-state index contributed by atoms with van der Waals surface area (Å²) in [4.78, 5) is 7.73. The number of H-pyrrole nitrogens is 1. The van der Waals surface area contributed by atoms with Crippen molar-refractivity contribution in [2.45, 2.75) is 13.5 Å². The number of nitrogens with one attached hydrogen (secondary N) is 1. The predicted octanol–water partition coefficient (Wildman–Crippen LogP) is 7.68. The number of allylic oxidation sites excluding steroid dienone is 1. The van der Waals surface area contributed by atoms with Gasteiger partial charge >= 0.3 is 0 Å². The lowest BCUT2D eigenvalue weighted by Crippen LogP contribution is -2.01. The van der Waals surface area contributed by atoms with Crippen molar-refractivity contribution < 1.29 is 14.2 Å². The Morgan fingerprint density at radius 2 is 1.91 bits per heavy atom. The maximum Gasteiger partial charge on any atom is 0.162 e. The summed E-state index contributed by atoms with van der Waals surface area (Å²) in [5, 5.41) is 10.9. The Bertz CT molecular complexity index is 1460. The summed E-state index contributed by atoms with van der Waals surface area (Å²) in [6.45, 7) is 2.57. The molecule has 6 nitrogen and oxygen atoms in total. The number of fused-ring (bicyclic) bond motifs is 1. The van der Waals surface area contributed by atoms with Crippen molar-refractivity contribution in [1.29, 1.82) is 5.26 Å². The minimum absolute atomic E-state index is 0.240. The molecular formula is C26H20BrCl2N3O3. The van der Waals surface area contributed by atoms with Gasteiger partial charge in [-0.1, -0.05) is 45.2 Å². The van der Waals surface area contributed by atoms with Gasteiger partial charge in [-0.3, -0.25) is 0 Å². The summed E-state index contributed by atoms with van der Waals surface area (Å²) in [5.74, 6) is 2.24. The van der Waals surface area contributed by atoms with Crippen LogP contribution in [-0.4, -0.2) is 23.7 Å². The highest BCUT2D eigenvalue weighted by Gasteiger charge is 2.14. The molecule has 0 fully saturated rings. The van der Waals surface area contributed by atoms with E-state index < -0.39 is 0 Å². The third-order valence-electron chi connectivity index (χ3n) is 5.13. The van der Waals surface area contributed by atoms with Crippen LogP contribution < -0.4 is 14.2 Å². The number of hydrogen-bond donors (Lipinski definition) is 1. The van der Waals surface area contributed by atoms with Crippen LogP contribution >= 0.6 is 39.1 Å². The molecule has 0 saturated heterocycles. The number of nitrogens with zero attached hydrogens (tertiary/aromatic N) is 2. The molecule has 4 aromatic rings. The summed E-state index contributed by atoms with van der Waals surface area (Å²) >= 11 is 15.8. The highest BCUT2D eigenvalue weighted by molar-refractivity contribution is 9.10. The minimum Gasteiger partial charge on any atom is -0.497 e. The quantitative estimate of drug-likeness (QED) is 0.219. The maximum absolute atomic E-state index is 9.84. The molecule has 1 N–H and O–H groups in total. The average Bonchev–Trinajstić information content (AvgIpc) is 3.27. The highest BCUT2D eigenvalue weighted by Crippen LogP contribution is 2.36. The van der Waals surface area contributed by atoms with E-state index in [4.69, 9.17) is 37.4 Å². The minimum atomic E-state index is 0.240. The first-order chi connectivity index (χ1) is 16.9. The lowest BCUT2D eigenvalue weighted by atomic mass is 10.1. The van der Waals surface area contributed by atoms with Gasteiger partial charge in [0.25, 0.3) is 0 Å². The summed E-state index contributed by atoms with van der Waals surface area (Å²) in [6, 6.07) is 16.6. The third kappa shape index (κ3) is 5.73. The molecule has 0 saturated carbocycles. The first kappa shape index (κ1) is 24.9. The van der Waals surface area contributed by atoms with Gasteiger partial charge in [-0.25, -0.2) is 4.98 Å². The van der Waals surface area contributed by atoms with Gasteiger partial charge in [0.05, 0.1) is 30.3 Å². The summed E-state index contributed by atoms with van der Waals surface area (Å²) in [5.41, 5.74) is 3.41. The molecule has 9 heteroatoms. The van der Waals surface area contributed by atoms with Crippen molar-refractivity contribution in [3.05, 3.63) is 80.0 Å². The number of nitriles is 1. The molecule has 3 aromatic carbocycles. The maximum atomic E-state index is 9.84. The van der Waals surface area contributed by atoms with Gasteiger partial charge in [0.15, 0.2) is 11.5 Å². The van der Waals surface area contributed by atoms with Crippen LogP contribution in [-0.2, 0) is 6.61 Å². The molecule has 35 heavy (non-hydrogen) atoms. The first-order valence-electron chi connectivity index (χ1n) is 10.6. The van der Waals surface area contributed by atoms with Crippen LogP contribution in [0.3, 0.4) is 0 Å². The second-order valence-electron chi connectivity index (χ2n) is 7.42. The lowest BCUT2D eigenvalue weighted by Gasteiger charge is -2.15. The van der Waals surface area contributed by atoms with Crippen LogP contribution in [0.1, 0.15) is 23.9 Å². The molecule has 1 heterocycles. The predicted molar refractivity (Wildman–Crippen MR) is 142 cm³/mol.